The van der Waals surface area contributed by atoms with Crippen molar-refractivity contribution in [3.05, 3.63) is 53.9 Å². The van der Waals surface area contributed by atoms with Crippen molar-refractivity contribution in [2.24, 2.45) is 7.05 Å². The Morgan fingerprint density at radius 2 is 2.06 bits per heavy atom. The summed E-state index contributed by atoms with van der Waals surface area (Å²) < 4.78 is 14.7. The Labute approximate surface area is 105 Å². The molecule has 0 atom stereocenters. The Kier molecular flexibility index (Phi) is 3.87. The normalized spacial score (nSPS) is 10.6. The first-order valence-corrected chi connectivity index (χ1v) is 5.92. The molecule has 0 saturated carbocycles. The lowest BCUT2D eigenvalue weighted by molar-refractivity contribution is 0.0980. The van der Waals surface area contributed by atoms with Gasteiger partial charge in [0.1, 0.15) is 11.6 Å². The van der Waals surface area contributed by atoms with Gasteiger partial charge in [-0.05, 0) is 30.7 Å². The molecule has 0 N–H and O–H groups in total. The number of carbonyl (C=O) groups is 1. The summed E-state index contributed by atoms with van der Waals surface area (Å²) in [5.41, 5.74) is 0.566. The molecule has 4 heteroatoms. The van der Waals surface area contributed by atoms with Gasteiger partial charge in [-0.15, -0.1) is 0 Å². The number of nitrogens with zero attached hydrogens (tertiary/aromatic N) is 2. The lowest BCUT2D eigenvalue weighted by Gasteiger charge is -2.02. The van der Waals surface area contributed by atoms with E-state index in [2.05, 4.69) is 4.98 Å². The van der Waals surface area contributed by atoms with Crippen molar-refractivity contribution in [1.82, 2.24) is 9.55 Å². The van der Waals surface area contributed by atoms with Gasteiger partial charge in [0.25, 0.3) is 0 Å². The van der Waals surface area contributed by atoms with E-state index in [4.69, 9.17) is 0 Å². The van der Waals surface area contributed by atoms with E-state index in [0.717, 1.165) is 18.7 Å². The largest absolute Gasteiger partial charge is 0.338 e. The first-order valence-electron chi connectivity index (χ1n) is 5.92. The van der Waals surface area contributed by atoms with Gasteiger partial charge >= 0.3 is 0 Å². The van der Waals surface area contributed by atoms with E-state index in [9.17, 15) is 9.18 Å². The van der Waals surface area contributed by atoms with Crippen LogP contribution in [-0.2, 0) is 13.5 Å². The third-order valence-electron chi connectivity index (χ3n) is 2.89. The molecule has 2 rings (SSSR count). The van der Waals surface area contributed by atoms with Crippen LogP contribution < -0.4 is 0 Å². The van der Waals surface area contributed by atoms with E-state index in [1.54, 1.807) is 6.20 Å². The predicted octanol–water partition coefficient (Wildman–Crippen LogP) is 2.76. The number of hydrogen-bond acceptors (Lipinski definition) is 2. The first-order chi connectivity index (χ1) is 8.66. The zero-order valence-electron chi connectivity index (χ0n) is 10.3. The van der Waals surface area contributed by atoms with Crippen LogP contribution in [0, 0.1) is 5.82 Å². The SMILES string of the molecule is Cn1ccnc1CCCC(=O)c1ccc(F)cc1. The standard InChI is InChI=1S/C14H15FN2O/c1-17-10-9-16-14(17)4-2-3-13(18)11-5-7-12(15)8-6-11/h5-10H,2-4H2,1H3. The van der Waals surface area contributed by atoms with Crippen molar-refractivity contribution in [1.29, 1.82) is 0 Å². The molecule has 94 valence electrons. The maximum atomic E-state index is 12.7. The van der Waals surface area contributed by atoms with E-state index < -0.39 is 0 Å². The Morgan fingerprint density at radius 3 is 2.67 bits per heavy atom. The molecule has 0 saturated heterocycles. The summed E-state index contributed by atoms with van der Waals surface area (Å²) in [7, 11) is 1.93. The second kappa shape index (κ2) is 5.58. The lowest BCUT2D eigenvalue weighted by Crippen LogP contribution is -2.02. The number of Topliss-reactive ketones (excluding diaryl/α,β-unsaturated/α-hetero) is 1. The highest BCUT2D eigenvalue weighted by molar-refractivity contribution is 5.95. The van der Waals surface area contributed by atoms with E-state index >= 15 is 0 Å². The average Bonchev–Trinajstić information content (AvgIpc) is 2.76. The molecule has 18 heavy (non-hydrogen) atoms. The summed E-state index contributed by atoms with van der Waals surface area (Å²) >= 11 is 0. The second-order valence-electron chi connectivity index (χ2n) is 4.24. The van der Waals surface area contributed by atoms with Gasteiger partial charge in [-0.25, -0.2) is 9.37 Å². The Hall–Kier alpha value is -1.97. The molecule has 1 aromatic carbocycles. The monoisotopic (exact) mass is 246 g/mol. The van der Waals surface area contributed by atoms with Crippen molar-refractivity contribution >= 4 is 5.78 Å². The highest BCUT2D eigenvalue weighted by Crippen LogP contribution is 2.09. The molecule has 0 aliphatic carbocycles. The molecule has 0 bridgehead atoms. The van der Waals surface area contributed by atoms with Gasteiger partial charge < -0.3 is 4.57 Å². The van der Waals surface area contributed by atoms with Gasteiger partial charge in [0.05, 0.1) is 0 Å². The van der Waals surface area contributed by atoms with E-state index in [1.165, 1.54) is 24.3 Å². The van der Waals surface area contributed by atoms with Crippen LogP contribution >= 0.6 is 0 Å². The number of aromatic nitrogens is 2. The summed E-state index contributed by atoms with van der Waals surface area (Å²) in [4.78, 5) is 16.0. The molecule has 0 unspecified atom stereocenters. The van der Waals surface area contributed by atoms with E-state index in [-0.39, 0.29) is 11.6 Å². The average molecular weight is 246 g/mol. The molecule has 1 aromatic heterocycles. The van der Waals surface area contributed by atoms with E-state index in [1.807, 2.05) is 17.8 Å². The Bertz CT molecular complexity index is 531. The van der Waals surface area contributed by atoms with Crippen LogP contribution in [-0.4, -0.2) is 15.3 Å². The minimum Gasteiger partial charge on any atom is -0.338 e. The molecule has 0 aliphatic heterocycles. The third kappa shape index (κ3) is 3.03. The number of imidazole rings is 1. The molecule has 0 radical (unpaired) electrons. The molecule has 2 aromatic rings. The number of aryl methyl sites for hydroxylation is 2. The zero-order valence-corrected chi connectivity index (χ0v) is 10.3. The number of ketones is 1. The van der Waals surface area contributed by atoms with Gasteiger partial charge in [-0.2, -0.15) is 0 Å². The molecule has 0 amide bonds. The number of hydrogen-bond donors (Lipinski definition) is 0. The molecule has 3 nitrogen and oxygen atoms in total. The molecule has 0 aliphatic rings. The van der Waals surface area contributed by atoms with Crippen molar-refractivity contribution in [2.75, 3.05) is 0 Å². The molecule has 1 heterocycles. The van der Waals surface area contributed by atoms with Crippen LogP contribution in [0.1, 0.15) is 29.0 Å². The summed E-state index contributed by atoms with van der Waals surface area (Å²) in [6.07, 6.45) is 5.62. The quantitative estimate of drug-likeness (QED) is 0.760. The van der Waals surface area contributed by atoms with E-state index in [0.29, 0.717) is 12.0 Å². The second-order valence-corrected chi connectivity index (χ2v) is 4.24. The van der Waals surface area contributed by atoms with Crippen LogP contribution in [0.15, 0.2) is 36.7 Å². The predicted molar refractivity (Wildman–Crippen MR) is 66.9 cm³/mol. The zero-order chi connectivity index (χ0) is 13.0. The minimum atomic E-state index is -0.320. The smallest absolute Gasteiger partial charge is 0.162 e. The van der Waals surface area contributed by atoms with Crippen LogP contribution in [0.5, 0.6) is 0 Å². The molecule has 0 fully saturated rings. The molecular formula is C14H15FN2O. The minimum absolute atomic E-state index is 0.0456. The highest BCUT2D eigenvalue weighted by Gasteiger charge is 2.07. The van der Waals surface area contributed by atoms with Gasteiger partial charge in [0.15, 0.2) is 5.78 Å². The summed E-state index contributed by atoms with van der Waals surface area (Å²) in [5, 5.41) is 0. The lowest BCUT2D eigenvalue weighted by atomic mass is 10.1. The summed E-state index contributed by atoms with van der Waals surface area (Å²) in [6, 6.07) is 5.68. The van der Waals surface area contributed by atoms with Gasteiger partial charge in [-0.3, -0.25) is 4.79 Å². The topological polar surface area (TPSA) is 34.9 Å². The van der Waals surface area contributed by atoms with Gasteiger partial charge in [0.2, 0.25) is 0 Å². The fraction of sp³-hybridized carbons (Fsp3) is 0.286. The number of halogens is 1. The van der Waals surface area contributed by atoms with Crippen molar-refractivity contribution in [3.8, 4) is 0 Å². The summed E-state index contributed by atoms with van der Waals surface area (Å²) in [6.45, 7) is 0. The first kappa shape index (κ1) is 12.5. The number of benzene rings is 1. The van der Waals surface area contributed by atoms with Gasteiger partial charge in [-0.1, -0.05) is 0 Å². The number of rotatable bonds is 5. The number of carbonyl (C=O) groups excluding carboxylic acids is 1. The fourth-order valence-corrected chi connectivity index (χ4v) is 1.82. The van der Waals surface area contributed by atoms with Crippen LogP contribution in [0.3, 0.4) is 0 Å². The van der Waals surface area contributed by atoms with Crippen molar-refractivity contribution in [3.63, 3.8) is 0 Å². The van der Waals surface area contributed by atoms with Crippen molar-refractivity contribution in [2.45, 2.75) is 19.3 Å². The molecule has 0 spiro atoms. The Balaban J connectivity index is 1.85. The fourth-order valence-electron chi connectivity index (χ4n) is 1.82. The van der Waals surface area contributed by atoms with Crippen LogP contribution in [0.4, 0.5) is 4.39 Å². The highest BCUT2D eigenvalue weighted by atomic mass is 19.1. The van der Waals surface area contributed by atoms with Gasteiger partial charge in [0, 0.05) is 37.8 Å². The maximum Gasteiger partial charge on any atom is 0.162 e. The third-order valence-corrected chi connectivity index (χ3v) is 2.89. The van der Waals surface area contributed by atoms with Crippen molar-refractivity contribution < 1.29 is 9.18 Å². The molecular weight excluding hydrogens is 231 g/mol. The van der Waals surface area contributed by atoms with Crippen LogP contribution in [0.25, 0.3) is 0 Å². The Morgan fingerprint density at radius 1 is 1.33 bits per heavy atom. The summed E-state index contributed by atoms with van der Waals surface area (Å²) in [5.74, 6) is 0.700. The maximum absolute atomic E-state index is 12.7. The van der Waals surface area contributed by atoms with Crippen LogP contribution in [0.2, 0.25) is 0 Å².